The van der Waals surface area contributed by atoms with Gasteiger partial charge in [0.2, 0.25) is 0 Å². The zero-order chi connectivity index (χ0) is 12.3. The summed E-state index contributed by atoms with van der Waals surface area (Å²) in [6, 6.07) is 15.6. The first-order valence-electron chi connectivity index (χ1n) is 5.61. The molecule has 0 N–H and O–H groups in total. The molecule has 0 spiro atoms. The number of hydrogen-bond donors (Lipinski definition) is 0. The van der Waals surface area contributed by atoms with Gasteiger partial charge in [0, 0.05) is 4.83 Å². The molecule has 2 heteroatoms. The van der Waals surface area contributed by atoms with E-state index < -0.39 is 0 Å². The molecule has 1 unspecified atom stereocenters. The lowest BCUT2D eigenvalue weighted by molar-refractivity contribution is 0.615. The summed E-state index contributed by atoms with van der Waals surface area (Å²) in [7, 11) is 0. The standard InChI is InChI=1S/C15H14BrF/c1-11-7-8-13(10-15(11)17)14(16)9-12-5-3-2-4-6-12/h2-8,10,14H,9H2,1H3. The van der Waals surface area contributed by atoms with Crippen molar-refractivity contribution in [3.05, 3.63) is 71.0 Å². The van der Waals surface area contributed by atoms with Crippen LogP contribution in [0.2, 0.25) is 0 Å². The highest BCUT2D eigenvalue weighted by atomic mass is 79.9. The van der Waals surface area contributed by atoms with Gasteiger partial charge in [0.05, 0.1) is 0 Å². The van der Waals surface area contributed by atoms with Gasteiger partial charge < -0.3 is 0 Å². The SMILES string of the molecule is Cc1ccc(C(Br)Cc2ccccc2)cc1F. The lowest BCUT2D eigenvalue weighted by Crippen LogP contribution is -1.96. The van der Waals surface area contributed by atoms with E-state index in [1.54, 1.807) is 13.0 Å². The number of rotatable bonds is 3. The van der Waals surface area contributed by atoms with Gasteiger partial charge in [-0.05, 0) is 36.1 Å². The molecule has 2 aromatic rings. The smallest absolute Gasteiger partial charge is 0.126 e. The molecule has 0 bridgehead atoms. The minimum atomic E-state index is -0.139. The average Bonchev–Trinajstić information content (AvgIpc) is 2.34. The Morgan fingerprint density at radius 2 is 1.82 bits per heavy atom. The van der Waals surface area contributed by atoms with Gasteiger partial charge in [-0.25, -0.2) is 4.39 Å². The second-order valence-electron chi connectivity index (χ2n) is 4.17. The summed E-state index contributed by atoms with van der Waals surface area (Å²) < 4.78 is 13.5. The molecule has 0 aliphatic carbocycles. The average molecular weight is 293 g/mol. The Morgan fingerprint density at radius 1 is 1.12 bits per heavy atom. The van der Waals surface area contributed by atoms with Crippen molar-refractivity contribution in [1.29, 1.82) is 0 Å². The molecule has 17 heavy (non-hydrogen) atoms. The van der Waals surface area contributed by atoms with Crippen LogP contribution in [0, 0.1) is 12.7 Å². The summed E-state index contributed by atoms with van der Waals surface area (Å²) in [5.41, 5.74) is 2.92. The van der Waals surface area contributed by atoms with Gasteiger partial charge in [0.1, 0.15) is 5.82 Å². The lowest BCUT2D eigenvalue weighted by atomic mass is 10.0. The lowest BCUT2D eigenvalue weighted by Gasteiger charge is -2.11. The minimum absolute atomic E-state index is 0.139. The molecule has 0 amide bonds. The van der Waals surface area contributed by atoms with Crippen molar-refractivity contribution in [2.75, 3.05) is 0 Å². The van der Waals surface area contributed by atoms with Crippen LogP contribution in [0.15, 0.2) is 48.5 Å². The van der Waals surface area contributed by atoms with E-state index in [4.69, 9.17) is 0 Å². The fourth-order valence-corrected chi connectivity index (χ4v) is 2.40. The number of aryl methyl sites for hydroxylation is 1. The summed E-state index contributed by atoms with van der Waals surface area (Å²) in [4.78, 5) is 0.153. The molecule has 88 valence electrons. The maximum atomic E-state index is 13.5. The monoisotopic (exact) mass is 292 g/mol. The van der Waals surface area contributed by atoms with Gasteiger partial charge in [-0.3, -0.25) is 0 Å². The minimum Gasteiger partial charge on any atom is -0.207 e. The van der Waals surface area contributed by atoms with E-state index in [0.29, 0.717) is 5.56 Å². The molecule has 0 aromatic heterocycles. The fraction of sp³-hybridized carbons (Fsp3) is 0.200. The second kappa shape index (κ2) is 5.46. The molecule has 0 saturated heterocycles. The van der Waals surface area contributed by atoms with E-state index in [1.165, 1.54) is 5.56 Å². The zero-order valence-corrected chi connectivity index (χ0v) is 11.2. The van der Waals surface area contributed by atoms with Crippen molar-refractivity contribution < 1.29 is 4.39 Å². The predicted molar refractivity (Wildman–Crippen MR) is 73.0 cm³/mol. The van der Waals surface area contributed by atoms with Gasteiger partial charge in [0.15, 0.2) is 0 Å². The number of halogens is 2. The first-order valence-corrected chi connectivity index (χ1v) is 6.52. The Morgan fingerprint density at radius 3 is 2.47 bits per heavy atom. The Hall–Kier alpha value is -1.15. The van der Waals surface area contributed by atoms with Crippen molar-refractivity contribution in [2.45, 2.75) is 18.2 Å². The molecule has 0 radical (unpaired) electrons. The molecule has 1 atom stereocenters. The maximum Gasteiger partial charge on any atom is 0.126 e. The van der Waals surface area contributed by atoms with Crippen molar-refractivity contribution in [1.82, 2.24) is 0 Å². The van der Waals surface area contributed by atoms with E-state index in [0.717, 1.165) is 12.0 Å². The highest BCUT2D eigenvalue weighted by molar-refractivity contribution is 9.09. The zero-order valence-electron chi connectivity index (χ0n) is 9.66. The van der Waals surface area contributed by atoms with Crippen LogP contribution in [0.3, 0.4) is 0 Å². The largest absolute Gasteiger partial charge is 0.207 e. The van der Waals surface area contributed by atoms with Gasteiger partial charge in [-0.2, -0.15) is 0 Å². The van der Waals surface area contributed by atoms with Crippen molar-refractivity contribution in [3.63, 3.8) is 0 Å². The molecular formula is C15H14BrF. The summed E-state index contributed by atoms with van der Waals surface area (Å²) in [5.74, 6) is -0.139. The molecule has 0 aliphatic heterocycles. The Bertz CT molecular complexity index is 494. The van der Waals surface area contributed by atoms with Crippen LogP contribution in [0.4, 0.5) is 4.39 Å². The normalized spacial score (nSPS) is 12.4. The molecule has 0 fully saturated rings. The van der Waals surface area contributed by atoms with Crippen molar-refractivity contribution >= 4 is 15.9 Å². The topological polar surface area (TPSA) is 0 Å². The molecule has 2 aromatic carbocycles. The Kier molecular flexibility index (Phi) is 3.95. The third-order valence-corrected chi connectivity index (χ3v) is 3.67. The first kappa shape index (κ1) is 12.3. The third-order valence-electron chi connectivity index (χ3n) is 2.82. The molecule has 0 heterocycles. The van der Waals surface area contributed by atoms with Crippen LogP contribution < -0.4 is 0 Å². The van der Waals surface area contributed by atoms with Gasteiger partial charge >= 0.3 is 0 Å². The maximum absolute atomic E-state index is 13.5. The molecule has 2 rings (SSSR count). The molecule has 0 saturated carbocycles. The summed E-state index contributed by atoms with van der Waals surface area (Å²) in [5, 5.41) is 0. The van der Waals surface area contributed by atoms with E-state index >= 15 is 0 Å². The van der Waals surface area contributed by atoms with Crippen LogP contribution >= 0.6 is 15.9 Å². The number of alkyl halides is 1. The third kappa shape index (κ3) is 3.16. The first-order chi connectivity index (χ1) is 8.16. The van der Waals surface area contributed by atoms with Gasteiger partial charge in [0.25, 0.3) is 0 Å². The molecule has 0 aliphatic rings. The van der Waals surface area contributed by atoms with E-state index in [2.05, 4.69) is 28.1 Å². The highest BCUT2D eigenvalue weighted by Crippen LogP contribution is 2.28. The van der Waals surface area contributed by atoms with E-state index in [9.17, 15) is 4.39 Å². The molecular weight excluding hydrogens is 279 g/mol. The summed E-state index contributed by atoms with van der Waals surface area (Å²) in [6.45, 7) is 1.78. The van der Waals surface area contributed by atoms with Crippen LogP contribution in [0.25, 0.3) is 0 Å². The van der Waals surface area contributed by atoms with Gasteiger partial charge in [-0.1, -0.05) is 58.4 Å². The van der Waals surface area contributed by atoms with Crippen molar-refractivity contribution in [3.8, 4) is 0 Å². The quantitative estimate of drug-likeness (QED) is 0.712. The highest BCUT2D eigenvalue weighted by Gasteiger charge is 2.10. The Labute approximate surface area is 110 Å². The van der Waals surface area contributed by atoms with Crippen LogP contribution in [-0.4, -0.2) is 0 Å². The predicted octanol–water partition coefficient (Wildman–Crippen LogP) is 4.81. The summed E-state index contributed by atoms with van der Waals surface area (Å²) in [6.07, 6.45) is 0.864. The van der Waals surface area contributed by atoms with Gasteiger partial charge in [-0.15, -0.1) is 0 Å². The number of benzene rings is 2. The van der Waals surface area contributed by atoms with E-state index in [-0.39, 0.29) is 10.6 Å². The number of hydrogen-bond acceptors (Lipinski definition) is 0. The van der Waals surface area contributed by atoms with Crippen LogP contribution in [0.1, 0.15) is 21.5 Å². The van der Waals surface area contributed by atoms with Crippen molar-refractivity contribution in [2.24, 2.45) is 0 Å². The Balaban J connectivity index is 2.14. The van der Waals surface area contributed by atoms with Crippen LogP contribution in [-0.2, 0) is 6.42 Å². The van der Waals surface area contributed by atoms with E-state index in [1.807, 2.05) is 30.3 Å². The molecule has 0 nitrogen and oxygen atoms in total. The van der Waals surface area contributed by atoms with Crippen LogP contribution in [0.5, 0.6) is 0 Å². The second-order valence-corrected chi connectivity index (χ2v) is 5.27. The summed E-state index contributed by atoms with van der Waals surface area (Å²) >= 11 is 3.61. The fourth-order valence-electron chi connectivity index (χ4n) is 1.74.